The van der Waals surface area contributed by atoms with Crippen LogP contribution in [0.4, 0.5) is 13.2 Å². The molecule has 2 rings (SSSR count). The maximum atomic E-state index is 12.1. The summed E-state index contributed by atoms with van der Waals surface area (Å²) in [6.07, 6.45) is 2.05. The van der Waals surface area contributed by atoms with E-state index in [4.69, 9.17) is 9.47 Å². The zero-order valence-electron chi connectivity index (χ0n) is 15.3. The predicted molar refractivity (Wildman–Crippen MR) is 98.8 cm³/mol. The van der Waals surface area contributed by atoms with Crippen LogP contribution in [0.25, 0.3) is 0 Å². The first-order chi connectivity index (χ1) is 12.8. The van der Waals surface area contributed by atoms with Crippen LogP contribution in [-0.2, 0) is 16.1 Å². The van der Waals surface area contributed by atoms with E-state index in [1.165, 1.54) is 0 Å². The number of thioether (sulfide) groups is 1. The second-order valence-electron chi connectivity index (χ2n) is 6.33. The van der Waals surface area contributed by atoms with Crippen molar-refractivity contribution in [1.82, 2.24) is 10.2 Å². The number of carbonyl (C=O) groups is 1. The third-order valence-corrected chi connectivity index (χ3v) is 5.02. The fraction of sp³-hybridized carbons (Fsp3) is 0.611. The highest BCUT2D eigenvalue weighted by Gasteiger charge is 2.29. The van der Waals surface area contributed by atoms with Crippen LogP contribution in [0.2, 0.25) is 0 Å². The number of alkyl halides is 3. The number of nitrogens with zero attached hydrogens (tertiary/aromatic N) is 1. The van der Waals surface area contributed by atoms with Crippen molar-refractivity contribution in [3.05, 3.63) is 29.8 Å². The number of likely N-dealkylation sites (N-methyl/N-ethyl adjacent to an activating group) is 1. The van der Waals surface area contributed by atoms with Crippen molar-refractivity contribution in [2.75, 3.05) is 39.2 Å². The average Bonchev–Trinajstić information content (AvgIpc) is 2.65. The number of carbonyl (C=O) groups excluding carboxylic acids is 1. The molecule has 1 N–H and O–H groups in total. The van der Waals surface area contributed by atoms with Crippen molar-refractivity contribution < 1.29 is 27.4 Å². The fourth-order valence-corrected chi connectivity index (χ4v) is 3.16. The first-order valence-corrected chi connectivity index (χ1v) is 9.79. The maximum Gasteiger partial charge on any atom is 0.442 e. The summed E-state index contributed by atoms with van der Waals surface area (Å²) >= 11 is -0.344. The Labute approximate surface area is 161 Å². The van der Waals surface area contributed by atoms with E-state index in [9.17, 15) is 18.0 Å². The van der Waals surface area contributed by atoms with Crippen molar-refractivity contribution in [2.45, 2.75) is 30.9 Å². The number of hydrogen-bond acceptors (Lipinski definition) is 5. The first-order valence-electron chi connectivity index (χ1n) is 8.80. The molecule has 1 fully saturated rings. The van der Waals surface area contributed by atoms with Gasteiger partial charge in [-0.2, -0.15) is 13.2 Å². The zero-order valence-corrected chi connectivity index (χ0v) is 16.1. The van der Waals surface area contributed by atoms with Gasteiger partial charge >= 0.3 is 5.51 Å². The molecule has 1 aliphatic rings. The zero-order chi connectivity index (χ0) is 19.7. The molecule has 152 valence electrons. The summed E-state index contributed by atoms with van der Waals surface area (Å²) in [6.45, 7) is 3.08. The summed E-state index contributed by atoms with van der Waals surface area (Å²) in [5, 5.41) is 2.48. The van der Waals surface area contributed by atoms with Gasteiger partial charge in [0.25, 0.3) is 0 Å². The van der Waals surface area contributed by atoms with Gasteiger partial charge in [-0.05, 0) is 49.3 Å². The normalized spacial score (nSPS) is 15.7. The van der Waals surface area contributed by atoms with E-state index in [1.807, 2.05) is 6.07 Å². The van der Waals surface area contributed by atoms with Gasteiger partial charge in [0.15, 0.2) is 0 Å². The van der Waals surface area contributed by atoms with Crippen molar-refractivity contribution in [1.29, 1.82) is 0 Å². The van der Waals surface area contributed by atoms with Gasteiger partial charge in [-0.1, -0.05) is 12.1 Å². The van der Waals surface area contributed by atoms with Crippen LogP contribution in [0, 0.1) is 0 Å². The van der Waals surface area contributed by atoms with E-state index < -0.39 is 17.2 Å². The standard InChI is InChI=1S/C18H25F3N2O3S/c1-23(15-5-8-25-9-6-15)7-10-26-16-4-2-3-14(11-16)12-22-17(24)13-27-18(19,20)21/h2-4,11,15H,5-10,12-13H2,1H3,(H,22,24). The Balaban J connectivity index is 1.70. The summed E-state index contributed by atoms with van der Waals surface area (Å²) in [6, 6.07) is 7.70. The minimum absolute atomic E-state index is 0.163. The number of hydrogen-bond donors (Lipinski definition) is 1. The SMILES string of the molecule is CN(CCOc1cccc(CNC(=O)CSC(F)(F)F)c1)C1CCOCC1. The summed E-state index contributed by atoms with van der Waals surface area (Å²) in [7, 11) is 2.07. The van der Waals surface area contributed by atoms with E-state index in [0.29, 0.717) is 18.4 Å². The second-order valence-corrected chi connectivity index (χ2v) is 7.37. The summed E-state index contributed by atoms with van der Waals surface area (Å²) in [4.78, 5) is 13.7. The van der Waals surface area contributed by atoms with E-state index >= 15 is 0 Å². The van der Waals surface area contributed by atoms with Crippen molar-refractivity contribution in [3.63, 3.8) is 0 Å². The van der Waals surface area contributed by atoms with Gasteiger partial charge in [0.1, 0.15) is 12.4 Å². The molecular weight excluding hydrogens is 381 g/mol. The van der Waals surface area contributed by atoms with Gasteiger partial charge in [-0.3, -0.25) is 9.69 Å². The molecule has 0 unspecified atom stereocenters. The van der Waals surface area contributed by atoms with Gasteiger partial charge in [0, 0.05) is 32.3 Å². The molecule has 1 amide bonds. The van der Waals surface area contributed by atoms with Crippen LogP contribution in [0.5, 0.6) is 5.75 Å². The smallest absolute Gasteiger partial charge is 0.442 e. The number of benzene rings is 1. The lowest BCUT2D eigenvalue weighted by Gasteiger charge is -2.31. The highest BCUT2D eigenvalue weighted by Crippen LogP contribution is 2.29. The molecular formula is C18H25F3N2O3S. The molecule has 0 bridgehead atoms. The van der Waals surface area contributed by atoms with E-state index in [1.54, 1.807) is 18.2 Å². The van der Waals surface area contributed by atoms with Crippen LogP contribution in [0.1, 0.15) is 18.4 Å². The monoisotopic (exact) mass is 406 g/mol. The molecule has 1 heterocycles. The van der Waals surface area contributed by atoms with Crippen LogP contribution >= 0.6 is 11.8 Å². The number of rotatable bonds is 9. The quantitative estimate of drug-likeness (QED) is 0.683. The molecule has 0 saturated carbocycles. The molecule has 0 aliphatic carbocycles. The number of ether oxygens (including phenoxy) is 2. The summed E-state index contributed by atoms with van der Waals surface area (Å²) < 4.78 is 47.4. The lowest BCUT2D eigenvalue weighted by atomic mass is 10.1. The lowest BCUT2D eigenvalue weighted by molar-refractivity contribution is -0.119. The second kappa shape index (κ2) is 10.8. The van der Waals surface area contributed by atoms with Gasteiger partial charge in [0.05, 0.1) is 5.75 Å². The molecule has 1 aromatic rings. The molecule has 0 spiro atoms. The van der Waals surface area contributed by atoms with E-state index in [0.717, 1.165) is 38.2 Å². The Kier molecular flexibility index (Phi) is 8.72. The molecule has 9 heteroatoms. The number of halogens is 3. The third-order valence-electron chi connectivity index (χ3n) is 4.28. The Bertz CT molecular complexity index is 595. The Morgan fingerprint density at radius 3 is 2.81 bits per heavy atom. The van der Waals surface area contributed by atoms with Crippen LogP contribution in [0.15, 0.2) is 24.3 Å². The fourth-order valence-electron chi connectivity index (χ4n) is 2.76. The van der Waals surface area contributed by atoms with Gasteiger partial charge < -0.3 is 14.8 Å². The van der Waals surface area contributed by atoms with E-state index in [-0.39, 0.29) is 18.3 Å². The largest absolute Gasteiger partial charge is 0.492 e. The van der Waals surface area contributed by atoms with Crippen molar-refractivity contribution in [3.8, 4) is 5.75 Å². The average molecular weight is 406 g/mol. The first kappa shape index (κ1) is 21.8. The van der Waals surface area contributed by atoms with Crippen molar-refractivity contribution in [2.24, 2.45) is 0 Å². The maximum absolute atomic E-state index is 12.1. The minimum atomic E-state index is -4.40. The predicted octanol–water partition coefficient (Wildman–Crippen LogP) is 3.05. The van der Waals surface area contributed by atoms with Gasteiger partial charge in [-0.25, -0.2) is 0 Å². The van der Waals surface area contributed by atoms with Crippen LogP contribution < -0.4 is 10.1 Å². The molecule has 27 heavy (non-hydrogen) atoms. The molecule has 1 saturated heterocycles. The molecule has 0 radical (unpaired) electrons. The summed E-state index contributed by atoms with van der Waals surface area (Å²) in [5.74, 6) is -0.619. The van der Waals surface area contributed by atoms with E-state index in [2.05, 4.69) is 17.3 Å². The number of nitrogens with one attached hydrogen (secondary N) is 1. The minimum Gasteiger partial charge on any atom is -0.492 e. The number of amides is 1. The third kappa shape index (κ3) is 8.85. The van der Waals surface area contributed by atoms with Crippen LogP contribution in [0.3, 0.4) is 0 Å². The topological polar surface area (TPSA) is 50.8 Å². The van der Waals surface area contributed by atoms with Crippen molar-refractivity contribution >= 4 is 17.7 Å². The molecule has 0 aromatic heterocycles. The summed E-state index contributed by atoms with van der Waals surface area (Å²) in [5.41, 5.74) is -3.63. The molecule has 5 nitrogen and oxygen atoms in total. The Hall–Kier alpha value is -1.45. The highest BCUT2D eigenvalue weighted by atomic mass is 32.2. The Morgan fingerprint density at radius 2 is 2.11 bits per heavy atom. The Morgan fingerprint density at radius 1 is 1.37 bits per heavy atom. The molecule has 0 atom stereocenters. The van der Waals surface area contributed by atoms with Crippen LogP contribution in [-0.4, -0.2) is 61.5 Å². The molecule has 1 aliphatic heterocycles. The van der Waals surface area contributed by atoms with Gasteiger partial charge in [0.2, 0.25) is 5.91 Å². The van der Waals surface area contributed by atoms with Gasteiger partial charge in [-0.15, -0.1) is 0 Å². The molecule has 1 aromatic carbocycles. The lowest BCUT2D eigenvalue weighted by Crippen LogP contribution is -2.38. The highest BCUT2D eigenvalue weighted by molar-refractivity contribution is 8.00.